The topological polar surface area (TPSA) is 85.8 Å². The third-order valence-corrected chi connectivity index (χ3v) is 4.06. The van der Waals surface area contributed by atoms with Crippen molar-refractivity contribution in [1.29, 1.82) is 0 Å². The van der Waals surface area contributed by atoms with E-state index in [9.17, 15) is 4.79 Å². The van der Waals surface area contributed by atoms with Crippen LogP contribution in [0, 0.1) is 0 Å². The largest absolute Gasteiger partial charge is 0.326 e. The standard InChI is InChI=1S/C15H15N5OS/c1-20-14(11(8-16)9-17-20)18-15(21)13-7-12(19-22-13)10-5-3-2-4-6-10/h2-7,9H,8,16H2,1H3,(H,18,21). The summed E-state index contributed by atoms with van der Waals surface area (Å²) in [7, 11) is 1.76. The molecule has 0 atom stereocenters. The zero-order chi connectivity index (χ0) is 15.5. The van der Waals surface area contributed by atoms with E-state index in [0.717, 1.165) is 16.8 Å². The van der Waals surface area contributed by atoms with Gasteiger partial charge in [-0.2, -0.15) is 9.47 Å². The Labute approximate surface area is 131 Å². The van der Waals surface area contributed by atoms with Gasteiger partial charge in [-0.3, -0.25) is 9.48 Å². The van der Waals surface area contributed by atoms with Gasteiger partial charge in [-0.25, -0.2) is 0 Å². The number of aryl methyl sites for hydroxylation is 1. The number of nitrogens with zero attached hydrogens (tertiary/aromatic N) is 3. The molecule has 0 radical (unpaired) electrons. The van der Waals surface area contributed by atoms with Gasteiger partial charge in [0.2, 0.25) is 0 Å². The van der Waals surface area contributed by atoms with Gasteiger partial charge in [0.25, 0.3) is 5.91 Å². The first-order valence-corrected chi connectivity index (χ1v) is 7.51. The van der Waals surface area contributed by atoms with Crippen molar-refractivity contribution in [2.24, 2.45) is 12.8 Å². The van der Waals surface area contributed by atoms with Gasteiger partial charge in [0.05, 0.1) is 11.9 Å². The molecule has 3 N–H and O–H groups in total. The average molecular weight is 313 g/mol. The van der Waals surface area contributed by atoms with E-state index in [1.54, 1.807) is 24.0 Å². The number of nitrogens with one attached hydrogen (secondary N) is 1. The van der Waals surface area contributed by atoms with Crippen LogP contribution in [0.15, 0.2) is 42.6 Å². The van der Waals surface area contributed by atoms with Crippen molar-refractivity contribution in [2.45, 2.75) is 6.54 Å². The Morgan fingerprint density at radius 1 is 1.36 bits per heavy atom. The summed E-state index contributed by atoms with van der Waals surface area (Å²) in [5.41, 5.74) is 8.22. The monoisotopic (exact) mass is 313 g/mol. The number of carbonyl (C=O) groups excluding carboxylic acids is 1. The highest BCUT2D eigenvalue weighted by Gasteiger charge is 2.15. The highest BCUT2D eigenvalue weighted by atomic mass is 32.1. The fourth-order valence-corrected chi connectivity index (χ4v) is 2.74. The lowest BCUT2D eigenvalue weighted by atomic mass is 10.1. The Kier molecular flexibility index (Phi) is 3.99. The van der Waals surface area contributed by atoms with E-state index in [1.165, 1.54) is 11.5 Å². The number of nitrogens with two attached hydrogens (primary N) is 1. The van der Waals surface area contributed by atoms with Gasteiger partial charge >= 0.3 is 0 Å². The van der Waals surface area contributed by atoms with Crippen molar-refractivity contribution in [2.75, 3.05) is 5.32 Å². The summed E-state index contributed by atoms with van der Waals surface area (Å²) in [5, 5.41) is 6.94. The maximum atomic E-state index is 12.4. The molecule has 0 unspecified atom stereocenters. The number of hydrogen-bond donors (Lipinski definition) is 2. The Bertz CT molecular complexity index is 793. The molecule has 1 aromatic carbocycles. The Hall–Kier alpha value is -2.51. The molecule has 0 aliphatic carbocycles. The van der Waals surface area contributed by atoms with E-state index in [4.69, 9.17) is 5.73 Å². The second-order valence-electron chi connectivity index (χ2n) is 4.74. The molecule has 22 heavy (non-hydrogen) atoms. The van der Waals surface area contributed by atoms with Gasteiger partial charge in [-0.1, -0.05) is 30.3 Å². The van der Waals surface area contributed by atoms with Crippen LogP contribution in [-0.4, -0.2) is 20.1 Å². The molecule has 6 nitrogen and oxygen atoms in total. The summed E-state index contributed by atoms with van der Waals surface area (Å²) in [4.78, 5) is 12.9. The molecule has 112 valence electrons. The summed E-state index contributed by atoms with van der Waals surface area (Å²) in [6.45, 7) is 0.321. The number of amides is 1. The van der Waals surface area contributed by atoms with Crippen molar-refractivity contribution in [3.05, 3.63) is 53.0 Å². The van der Waals surface area contributed by atoms with E-state index in [2.05, 4.69) is 14.8 Å². The number of hydrogen-bond acceptors (Lipinski definition) is 5. The van der Waals surface area contributed by atoms with Crippen LogP contribution in [0.3, 0.4) is 0 Å². The number of aromatic nitrogens is 3. The third-order valence-electron chi connectivity index (χ3n) is 3.27. The molecule has 0 spiro atoms. The first-order valence-electron chi connectivity index (χ1n) is 6.73. The van der Waals surface area contributed by atoms with E-state index in [1.807, 2.05) is 30.3 Å². The van der Waals surface area contributed by atoms with Crippen molar-refractivity contribution < 1.29 is 4.79 Å². The molecule has 1 amide bonds. The van der Waals surface area contributed by atoms with Crippen molar-refractivity contribution in [3.8, 4) is 11.3 Å². The SMILES string of the molecule is Cn1ncc(CN)c1NC(=O)c1cc(-c2ccccc2)ns1. The molecule has 0 aliphatic rings. The van der Waals surface area contributed by atoms with E-state index >= 15 is 0 Å². The zero-order valence-corrected chi connectivity index (χ0v) is 12.8. The van der Waals surface area contributed by atoms with Crippen molar-refractivity contribution in [3.63, 3.8) is 0 Å². The molecule has 7 heteroatoms. The third kappa shape index (κ3) is 2.76. The van der Waals surface area contributed by atoms with Gasteiger partial charge in [0.1, 0.15) is 10.7 Å². The first kappa shape index (κ1) is 14.4. The summed E-state index contributed by atoms with van der Waals surface area (Å²) >= 11 is 1.17. The predicted octanol–water partition coefficient (Wildman–Crippen LogP) is 2.25. The van der Waals surface area contributed by atoms with Crippen LogP contribution >= 0.6 is 11.5 Å². The van der Waals surface area contributed by atoms with Crippen LogP contribution in [0.2, 0.25) is 0 Å². The quantitative estimate of drug-likeness (QED) is 0.773. The molecule has 3 rings (SSSR count). The molecule has 3 aromatic rings. The molecule has 0 bridgehead atoms. The lowest BCUT2D eigenvalue weighted by Crippen LogP contribution is -2.15. The lowest BCUT2D eigenvalue weighted by Gasteiger charge is -2.05. The highest BCUT2D eigenvalue weighted by molar-refractivity contribution is 7.08. The molecule has 0 aliphatic heterocycles. The molecule has 2 aromatic heterocycles. The van der Waals surface area contributed by atoms with Gasteiger partial charge in [0.15, 0.2) is 0 Å². The van der Waals surface area contributed by atoms with Crippen LogP contribution in [0.5, 0.6) is 0 Å². The molecule has 0 saturated carbocycles. The van der Waals surface area contributed by atoms with Crippen LogP contribution in [0.25, 0.3) is 11.3 Å². The van der Waals surface area contributed by atoms with Crippen molar-refractivity contribution >= 4 is 23.3 Å². The van der Waals surface area contributed by atoms with Gasteiger partial charge in [0, 0.05) is 24.7 Å². The van der Waals surface area contributed by atoms with E-state index in [-0.39, 0.29) is 5.91 Å². The smallest absolute Gasteiger partial charge is 0.268 e. The lowest BCUT2D eigenvalue weighted by molar-refractivity contribution is 0.102. The molecule has 0 saturated heterocycles. The summed E-state index contributed by atoms with van der Waals surface area (Å²) < 4.78 is 5.93. The summed E-state index contributed by atoms with van der Waals surface area (Å²) in [6, 6.07) is 11.5. The highest BCUT2D eigenvalue weighted by Crippen LogP contribution is 2.23. The Balaban J connectivity index is 1.82. The average Bonchev–Trinajstić information content (AvgIpc) is 3.16. The number of benzene rings is 1. The van der Waals surface area contributed by atoms with E-state index < -0.39 is 0 Å². The number of rotatable bonds is 4. The maximum absolute atomic E-state index is 12.4. The minimum atomic E-state index is -0.210. The second-order valence-corrected chi connectivity index (χ2v) is 5.55. The molecular weight excluding hydrogens is 298 g/mol. The Morgan fingerprint density at radius 3 is 2.86 bits per heavy atom. The Morgan fingerprint density at radius 2 is 2.14 bits per heavy atom. The summed E-state index contributed by atoms with van der Waals surface area (Å²) in [5.74, 6) is 0.403. The minimum Gasteiger partial charge on any atom is -0.326 e. The fraction of sp³-hybridized carbons (Fsp3) is 0.133. The molecular formula is C15H15N5OS. The molecule has 0 fully saturated rings. The maximum Gasteiger partial charge on any atom is 0.268 e. The van der Waals surface area contributed by atoms with Gasteiger partial charge in [-0.05, 0) is 17.6 Å². The minimum absolute atomic E-state index is 0.210. The summed E-state index contributed by atoms with van der Waals surface area (Å²) in [6.07, 6.45) is 1.65. The normalized spacial score (nSPS) is 10.6. The number of anilines is 1. The number of carbonyl (C=O) groups is 1. The zero-order valence-electron chi connectivity index (χ0n) is 12.0. The fourth-order valence-electron chi connectivity index (χ4n) is 2.09. The van der Waals surface area contributed by atoms with Crippen molar-refractivity contribution in [1.82, 2.24) is 14.2 Å². The van der Waals surface area contributed by atoms with Gasteiger partial charge < -0.3 is 11.1 Å². The predicted molar refractivity (Wildman–Crippen MR) is 86.6 cm³/mol. The first-order chi connectivity index (χ1) is 10.7. The van der Waals surface area contributed by atoms with Crippen LogP contribution in [0.1, 0.15) is 15.2 Å². The van der Waals surface area contributed by atoms with Crippen LogP contribution in [-0.2, 0) is 13.6 Å². The van der Waals surface area contributed by atoms with Crippen LogP contribution in [0.4, 0.5) is 5.82 Å². The van der Waals surface area contributed by atoms with Gasteiger partial charge in [-0.15, -0.1) is 0 Å². The van der Waals surface area contributed by atoms with Crippen LogP contribution < -0.4 is 11.1 Å². The second kappa shape index (κ2) is 6.08. The van der Waals surface area contributed by atoms with E-state index in [0.29, 0.717) is 17.2 Å². The molecule has 2 heterocycles.